The molecule has 0 radical (unpaired) electrons. The molecule has 3 nitrogen and oxygen atoms in total. The number of carboxylic acid groups (broad SMARTS) is 1. The van der Waals surface area contributed by atoms with E-state index in [1.54, 1.807) is 6.92 Å². The van der Waals surface area contributed by atoms with E-state index in [-0.39, 0.29) is 5.60 Å². The van der Waals surface area contributed by atoms with Gasteiger partial charge in [-0.1, -0.05) is 32.0 Å². The van der Waals surface area contributed by atoms with Crippen molar-refractivity contribution in [3.63, 3.8) is 0 Å². The molecule has 5 heteroatoms. The molecule has 0 aromatic heterocycles. The third-order valence-electron chi connectivity index (χ3n) is 5.59. The Hall–Kier alpha value is -0.396. The summed E-state index contributed by atoms with van der Waals surface area (Å²) in [6.45, 7) is 15.6. The third-order valence-corrected chi connectivity index (χ3v) is 23.7. The van der Waals surface area contributed by atoms with E-state index in [1.807, 2.05) is 6.08 Å². The van der Waals surface area contributed by atoms with Crippen molar-refractivity contribution in [2.24, 2.45) is 0 Å². The molecule has 1 aliphatic heterocycles. The van der Waals surface area contributed by atoms with Crippen LogP contribution < -0.4 is 0 Å². The monoisotopic (exact) mass is 328 g/mol. The van der Waals surface area contributed by atoms with E-state index in [9.17, 15) is 4.79 Å². The van der Waals surface area contributed by atoms with Crippen LogP contribution in [-0.2, 0) is 9.22 Å². The molecular formula is C16H32O3Si2. The van der Waals surface area contributed by atoms with Crippen LogP contribution in [0.15, 0.2) is 11.6 Å². The zero-order chi connectivity index (χ0) is 16.5. The van der Waals surface area contributed by atoms with Crippen LogP contribution in [0.25, 0.3) is 0 Å². The average molecular weight is 329 g/mol. The van der Waals surface area contributed by atoms with Crippen LogP contribution >= 0.6 is 0 Å². The van der Waals surface area contributed by atoms with Crippen molar-refractivity contribution >= 4 is 21.4 Å². The van der Waals surface area contributed by atoms with E-state index in [0.717, 1.165) is 19.3 Å². The molecule has 1 aliphatic rings. The maximum atomic E-state index is 11.0. The van der Waals surface area contributed by atoms with Gasteiger partial charge in [0.2, 0.25) is 0 Å². The van der Waals surface area contributed by atoms with Gasteiger partial charge < -0.3 is 9.53 Å². The van der Waals surface area contributed by atoms with Gasteiger partial charge in [-0.3, -0.25) is 0 Å². The van der Waals surface area contributed by atoms with Crippen LogP contribution in [0.5, 0.6) is 0 Å². The van der Waals surface area contributed by atoms with E-state index in [2.05, 4.69) is 40.4 Å². The maximum Gasteiger partial charge on any atom is 0.330 e. The fourth-order valence-corrected chi connectivity index (χ4v) is 17.7. The summed E-state index contributed by atoms with van der Waals surface area (Å²) < 4.78 is 6.58. The number of hydrogen-bond donors (Lipinski definition) is 1. The summed E-state index contributed by atoms with van der Waals surface area (Å²) in [6, 6.07) is 1.32. The molecule has 1 fully saturated rings. The van der Waals surface area contributed by atoms with Crippen molar-refractivity contribution < 1.29 is 14.3 Å². The largest absolute Gasteiger partial charge is 0.478 e. The van der Waals surface area contributed by atoms with E-state index < -0.39 is 21.4 Å². The Kier molecular flexibility index (Phi) is 5.67. The van der Waals surface area contributed by atoms with Gasteiger partial charge >= 0.3 is 5.97 Å². The van der Waals surface area contributed by atoms with Crippen molar-refractivity contribution in [2.75, 3.05) is 0 Å². The van der Waals surface area contributed by atoms with Gasteiger partial charge in [-0.15, -0.1) is 0 Å². The average Bonchev–Trinajstić information content (AvgIpc) is 2.33. The number of carbonyl (C=O) groups is 1. The molecule has 0 aromatic carbocycles. The van der Waals surface area contributed by atoms with E-state index >= 15 is 0 Å². The Bertz CT molecular complexity index is 429. The minimum atomic E-state index is -1.70. The predicted molar refractivity (Wildman–Crippen MR) is 93.7 cm³/mol. The molecule has 2 atom stereocenters. The summed E-state index contributed by atoms with van der Waals surface area (Å²) >= 11 is 0. The minimum absolute atomic E-state index is 0.0212. The van der Waals surface area contributed by atoms with Crippen molar-refractivity contribution in [3.8, 4) is 0 Å². The summed E-state index contributed by atoms with van der Waals surface area (Å²) in [6.07, 6.45) is 5.10. The van der Waals surface area contributed by atoms with Crippen LogP contribution in [0, 0.1) is 0 Å². The van der Waals surface area contributed by atoms with Gasteiger partial charge in [-0.25, -0.2) is 4.79 Å². The first kappa shape index (κ1) is 18.7. The molecule has 1 N–H and O–H groups in total. The minimum Gasteiger partial charge on any atom is -0.478 e. The second-order valence-electron chi connectivity index (χ2n) is 7.82. The second kappa shape index (κ2) is 6.38. The van der Waals surface area contributed by atoms with Gasteiger partial charge in [0, 0.05) is 5.57 Å². The van der Waals surface area contributed by atoms with Gasteiger partial charge in [0.25, 0.3) is 0 Å². The highest BCUT2D eigenvalue weighted by Gasteiger charge is 2.55. The van der Waals surface area contributed by atoms with Crippen molar-refractivity contribution in [1.82, 2.24) is 0 Å². The Morgan fingerprint density at radius 1 is 1.38 bits per heavy atom. The lowest BCUT2D eigenvalue weighted by atomic mass is 10.1. The van der Waals surface area contributed by atoms with Crippen molar-refractivity contribution in [3.05, 3.63) is 11.6 Å². The Morgan fingerprint density at radius 2 is 1.95 bits per heavy atom. The van der Waals surface area contributed by atoms with Gasteiger partial charge in [0.15, 0.2) is 7.83 Å². The fraction of sp³-hybridized carbons (Fsp3) is 0.812. The standard InChI is InChI=1S/C16H32O3Si2/c1-8-14(10-9-13(2)15(17)18)21(7)12-11-16(3,4)19-20(21,5)6/h9,14H,8,10-12H2,1-7H3,(H,17,18). The number of allylic oxidation sites excluding steroid dienone is 1. The van der Waals surface area contributed by atoms with Gasteiger partial charge in [0.05, 0.1) is 13.2 Å². The van der Waals surface area contributed by atoms with Gasteiger partial charge in [-0.2, -0.15) is 0 Å². The molecule has 0 aromatic rings. The highest BCUT2D eigenvalue weighted by atomic mass is 29.3. The summed E-state index contributed by atoms with van der Waals surface area (Å²) in [4.78, 5) is 11.0. The first-order valence-electron chi connectivity index (χ1n) is 8.05. The molecule has 0 aliphatic carbocycles. The normalized spacial score (nSPS) is 30.0. The van der Waals surface area contributed by atoms with Gasteiger partial charge in [0.1, 0.15) is 0 Å². The molecule has 0 saturated carbocycles. The predicted octanol–water partition coefficient (Wildman–Crippen LogP) is 4.75. The Morgan fingerprint density at radius 3 is 2.38 bits per heavy atom. The van der Waals surface area contributed by atoms with Crippen molar-refractivity contribution in [1.29, 1.82) is 0 Å². The Balaban J connectivity index is 2.98. The molecular weight excluding hydrogens is 296 g/mol. The van der Waals surface area contributed by atoms with Crippen LogP contribution in [0.1, 0.15) is 47.0 Å². The first-order valence-corrected chi connectivity index (χ1v) is 14.7. The molecule has 21 heavy (non-hydrogen) atoms. The highest BCUT2D eigenvalue weighted by Crippen LogP contribution is 2.47. The van der Waals surface area contributed by atoms with E-state index in [4.69, 9.17) is 9.53 Å². The maximum absolute atomic E-state index is 11.0. The van der Waals surface area contributed by atoms with Crippen LogP contribution in [0.4, 0.5) is 0 Å². The molecule has 1 heterocycles. The first-order chi connectivity index (χ1) is 9.45. The molecule has 2 unspecified atom stereocenters. The molecule has 122 valence electrons. The summed E-state index contributed by atoms with van der Waals surface area (Å²) in [5, 5.41) is 9.04. The second-order valence-corrected chi connectivity index (χ2v) is 22.2. The van der Waals surface area contributed by atoms with E-state index in [0.29, 0.717) is 11.1 Å². The third kappa shape index (κ3) is 4.08. The van der Waals surface area contributed by atoms with Crippen LogP contribution in [0.3, 0.4) is 0 Å². The number of rotatable bonds is 5. The van der Waals surface area contributed by atoms with E-state index in [1.165, 1.54) is 6.04 Å². The summed E-state index contributed by atoms with van der Waals surface area (Å²) in [5.41, 5.74) is 1.13. The highest BCUT2D eigenvalue weighted by molar-refractivity contribution is 7.39. The molecule has 0 bridgehead atoms. The SMILES string of the molecule is CCC(CC=C(C)C(=O)O)[Si]1(C)CCC(C)(C)O[Si]1(C)C. The quantitative estimate of drug-likeness (QED) is 0.585. The smallest absolute Gasteiger partial charge is 0.330 e. The molecule has 0 spiro atoms. The zero-order valence-electron chi connectivity index (χ0n) is 14.7. The Labute approximate surface area is 131 Å². The summed E-state index contributed by atoms with van der Waals surface area (Å²) in [7, 11) is -3.21. The lowest BCUT2D eigenvalue weighted by Crippen LogP contribution is -2.67. The topological polar surface area (TPSA) is 46.5 Å². The molecule has 1 rings (SSSR count). The fourth-order valence-electron chi connectivity index (χ4n) is 3.70. The zero-order valence-corrected chi connectivity index (χ0v) is 16.7. The van der Waals surface area contributed by atoms with Gasteiger partial charge in [-0.05, 0) is 52.2 Å². The van der Waals surface area contributed by atoms with Crippen LogP contribution in [-0.4, -0.2) is 32.1 Å². The number of carboxylic acids is 1. The number of hydrogen-bond acceptors (Lipinski definition) is 2. The van der Waals surface area contributed by atoms with Crippen molar-refractivity contribution in [2.45, 2.75) is 83.8 Å². The molecule has 1 saturated heterocycles. The number of aliphatic carboxylic acids is 1. The lowest BCUT2D eigenvalue weighted by molar-refractivity contribution is -0.132. The lowest BCUT2D eigenvalue weighted by Gasteiger charge is -2.54. The van der Waals surface area contributed by atoms with Crippen LogP contribution in [0.2, 0.25) is 31.2 Å². The molecule has 0 amide bonds. The summed E-state index contributed by atoms with van der Waals surface area (Å²) in [5.74, 6) is -0.797.